The third-order valence-electron chi connectivity index (χ3n) is 2.77. The highest BCUT2D eigenvalue weighted by atomic mass is 16.6. The van der Waals surface area contributed by atoms with Gasteiger partial charge in [0.05, 0.1) is 0 Å². The molecule has 112 valence electrons. The molecule has 0 heterocycles. The summed E-state index contributed by atoms with van der Waals surface area (Å²) < 4.78 is 5.16. The van der Waals surface area contributed by atoms with Crippen molar-refractivity contribution < 1.29 is 14.4 Å². The predicted octanol–water partition coefficient (Wildman–Crippen LogP) is 2.84. The molecule has 0 radical (unpaired) electrons. The highest BCUT2D eigenvalue weighted by Crippen LogP contribution is 2.22. The van der Waals surface area contributed by atoms with E-state index in [-0.39, 0.29) is 6.10 Å². The molecule has 20 heavy (non-hydrogen) atoms. The monoisotopic (exact) mass is 280 g/mol. The second-order valence-corrected chi connectivity index (χ2v) is 5.70. The number of hydrogen-bond acceptors (Lipinski definition) is 4. The molecule has 0 aliphatic carbocycles. The molecule has 3 N–H and O–H groups in total. The number of ether oxygens (including phenoxy) is 1. The summed E-state index contributed by atoms with van der Waals surface area (Å²) in [5, 5.41) is 2.70. The topological polar surface area (TPSA) is 73.6 Å². The van der Waals surface area contributed by atoms with Crippen molar-refractivity contribution in [2.45, 2.75) is 45.8 Å². The van der Waals surface area contributed by atoms with Crippen molar-refractivity contribution in [3.05, 3.63) is 35.4 Å². The van der Waals surface area contributed by atoms with Gasteiger partial charge in [0.1, 0.15) is 11.7 Å². The first-order chi connectivity index (χ1) is 9.33. The molecule has 0 aromatic heterocycles. The number of nitrogens with one attached hydrogen (secondary N) is 1. The van der Waals surface area contributed by atoms with Crippen LogP contribution in [0.1, 0.15) is 44.4 Å². The van der Waals surface area contributed by atoms with Gasteiger partial charge in [-0.1, -0.05) is 24.3 Å². The number of aryl methyl sites for hydroxylation is 1. The highest BCUT2D eigenvalue weighted by Gasteiger charge is 2.17. The van der Waals surface area contributed by atoms with Crippen LogP contribution in [0.5, 0.6) is 0 Å². The van der Waals surface area contributed by atoms with Gasteiger partial charge in [-0.15, -0.1) is 0 Å². The molecule has 0 aliphatic rings. The van der Waals surface area contributed by atoms with Crippen molar-refractivity contribution in [3.63, 3.8) is 0 Å². The number of nitrogens with two attached hydrogens (primary N) is 1. The molecule has 0 spiro atoms. The molecule has 5 heteroatoms. The van der Waals surface area contributed by atoms with Crippen LogP contribution in [0.2, 0.25) is 0 Å². The quantitative estimate of drug-likeness (QED) is 0.813. The van der Waals surface area contributed by atoms with Gasteiger partial charge < -0.3 is 10.1 Å². The molecule has 1 amide bonds. The smallest absolute Gasteiger partial charge is 0.407 e. The molecule has 0 aliphatic heterocycles. The van der Waals surface area contributed by atoms with Gasteiger partial charge in [0.2, 0.25) is 0 Å². The maximum absolute atomic E-state index is 11.5. The number of amides is 1. The fourth-order valence-electron chi connectivity index (χ4n) is 1.86. The maximum Gasteiger partial charge on any atom is 0.407 e. The van der Waals surface area contributed by atoms with Crippen LogP contribution in [0.3, 0.4) is 0 Å². The summed E-state index contributed by atoms with van der Waals surface area (Å²) in [7, 11) is 0. The lowest BCUT2D eigenvalue weighted by Gasteiger charge is -2.21. The van der Waals surface area contributed by atoms with Crippen molar-refractivity contribution in [1.29, 1.82) is 0 Å². The van der Waals surface area contributed by atoms with E-state index in [2.05, 4.69) is 5.32 Å². The van der Waals surface area contributed by atoms with Gasteiger partial charge in [0.25, 0.3) is 0 Å². The Morgan fingerprint density at radius 1 is 1.35 bits per heavy atom. The van der Waals surface area contributed by atoms with Crippen LogP contribution in [0.4, 0.5) is 4.79 Å². The van der Waals surface area contributed by atoms with Gasteiger partial charge in [-0.25, -0.2) is 10.7 Å². The number of hydrogen-bond donors (Lipinski definition) is 2. The summed E-state index contributed by atoms with van der Waals surface area (Å²) in [4.78, 5) is 16.5. The molecule has 5 nitrogen and oxygen atoms in total. The lowest BCUT2D eigenvalue weighted by molar-refractivity contribution is 0.0395. The average molecular weight is 280 g/mol. The zero-order valence-corrected chi connectivity index (χ0v) is 12.6. The maximum atomic E-state index is 11.5. The molecule has 1 unspecified atom stereocenters. The molecule has 1 atom stereocenters. The average Bonchev–Trinajstić information content (AvgIpc) is 2.34. The molecule has 1 aromatic rings. The Hall–Kier alpha value is -1.59. The summed E-state index contributed by atoms with van der Waals surface area (Å²) in [6.45, 7) is 7.91. The fraction of sp³-hybridized carbons (Fsp3) is 0.533. The minimum absolute atomic E-state index is 0.244. The van der Waals surface area contributed by atoms with Crippen molar-refractivity contribution in [2.75, 3.05) is 6.54 Å². The van der Waals surface area contributed by atoms with E-state index in [0.29, 0.717) is 13.0 Å². The Labute approximate surface area is 120 Å². The molecular formula is C15H24N2O3. The Balaban J connectivity index is 2.47. The molecule has 0 saturated carbocycles. The summed E-state index contributed by atoms with van der Waals surface area (Å²) >= 11 is 0. The van der Waals surface area contributed by atoms with E-state index in [1.54, 1.807) is 0 Å². The zero-order valence-electron chi connectivity index (χ0n) is 12.6. The number of alkyl carbamates (subject to hydrolysis) is 1. The van der Waals surface area contributed by atoms with E-state index in [4.69, 9.17) is 15.5 Å². The third kappa shape index (κ3) is 5.59. The van der Waals surface area contributed by atoms with E-state index >= 15 is 0 Å². The SMILES string of the molecule is Cc1ccccc1C(CCNC(=O)OC(C)(C)C)ON. The summed E-state index contributed by atoms with van der Waals surface area (Å²) in [5.41, 5.74) is 1.64. The number of carbonyl (C=O) groups is 1. The normalized spacial score (nSPS) is 12.8. The number of benzene rings is 1. The van der Waals surface area contributed by atoms with Crippen LogP contribution in [0.15, 0.2) is 24.3 Å². The van der Waals surface area contributed by atoms with Crippen molar-refractivity contribution in [3.8, 4) is 0 Å². The Morgan fingerprint density at radius 3 is 2.55 bits per heavy atom. The second-order valence-electron chi connectivity index (χ2n) is 5.70. The minimum atomic E-state index is -0.496. The van der Waals surface area contributed by atoms with Crippen molar-refractivity contribution >= 4 is 6.09 Å². The van der Waals surface area contributed by atoms with E-state index < -0.39 is 11.7 Å². The first-order valence-corrected chi connectivity index (χ1v) is 6.71. The summed E-state index contributed by atoms with van der Waals surface area (Å²) in [5.74, 6) is 5.35. The molecule has 0 fully saturated rings. The van der Waals surface area contributed by atoms with Crippen LogP contribution >= 0.6 is 0 Å². The van der Waals surface area contributed by atoms with E-state index in [9.17, 15) is 4.79 Å². The zero-order chi connectivity index (χ0) is 15.2. The van der Waals surface area contributed by atoms with E-state index in [1.165, 1.54) is 0 Å². The number of rotatable bonds is 5. The first-order valence-electron chi connectivity index (χ1n) is 6.71. The predicted molar refractivity (Wildman–Crippen MR) is 78.0 cm³/mol. The van der Waals surface area contributed by atoms with E-state index in [0.717, 1.165) is 11.1 Å². The van der Waals surface area contributed by atoms with Gasteiger partial charge in [-0.2, -0.15) is 0 Å². The van der Waals surface area contributed by atoms with Gasteiger partial charge in [0.15, 0.2) is 0 Å². The summed E-state index contributed by atoms with van der Waals surface area (Å²) in [6, 6.07) is 7.88. The molecule has 1 rings (SSSR count). The largest absolute Gasteiger partial charge is 0.444 e. The summed E-state index contributed by atoms with van der Waals surface area (Å²) in [6.07, 6.45) is -0.0927. The van der Waals surface area contributed by atoms with Crippen LogP contribution in [0, 0.1) is 6.92 Å². The molecule has 0 saturated heterocycles. The van der Waals surface area contributed by atoms with E-state index in [1.807, 2.05) is 52.0 Å². The molecule has 1 aromatic carbocycles. The van der Waals surface area contributed by atoms with Gasteiger partial charge in [-0.3, -0.25) is 4.84 Å². The van der Waals surface area contributed by atoms with Crippen LogP contribution < -0.4 is 11.2 Å². The van der Waals surface area contributed by atoms with Gasteiger partial charge in [-0.05, 0) is 45.2 Å². The lowest BCUT2D eigenvalue weighted by atomic mass is 10.0. The minimum Gasteiger partial charge on any atom is -0.444 e. The Morgan fingerprint density at radius 2 is 2.00 bits per heavy atom. The number of carbonyl (C=O) groups excluding carboxylic acids is 1. The van der Waals surface area contributed by atoms with Crippen molar-refractivity contribution in [1.82, 2.24) is 5.32 Å². The fourth-order valence-corrected chi connectivity index (χ4v) is 1.86. The Kier molecular flexibility index (Phi) is 5.98. The molecular weight excluding hydrogens is 256 g/mol. The standard InChI is InChI=1S/C15H24N2O3/c1-11-7-5-6-8-12(11)13(20-16)9-10-17-14(18)19-15(2,3)4/h5-8,13H,9-10,16H2,1-4H3,(H,17,18). The van der Waals surface area contributed by atoms with Crippen molar-refractivity contribution in [2.24, 2.45) is 5.90 Å². The van der Waals surface area contributed by atoms with Crippen LogP contribution in [-0.4, -0.2) is 18.2 Å². The second kappa shape index (κ2) is 7.26. The molecule has 0 bridgehead atoms. The van der Waals surface area contributed by atoms with Crippen LogP contribution in [0.25, 0.3) is 0 Å². The van der Waals surface area contributed by atoms with Gasteiger partial charge >= 0.3 is 6.09 Å². The Bertz CT molecular complexity index is 441. The highest BCUT2D eigenvalue weighted by molar-refractivity contribution is 5.67. The van der Waals surface area contributed by atoms with Crippen LogP contribution in [-0.2, 0) is 9.57 Å². The third-order valence-corrected chi connectivity index (χ3v) is 2.77. The van der Waals surface area contributed by atoms with Gasteiger partial charge in [0, 0.05) is 6.54 Å². The lowest BCUT2D eigenvalue weighted by Crippen LogP contribution is -2.33. The first kappa shape index (κ1) is 16.5.